The van der Waals surface area contributed by atoms with Crippen LogP contribution in [0.15, 0.2) is 35.0 Å². The van der Waals surface area contributed by atoms with Crippen LogP contribution in [-0.2, 0) is 0 Å². The van der Waals surface area contributed by atoms with Crippen molar-refractivity contribution in [1.82, 2.24) is 20.1 Å². The summed E-state index contributed by atoms with van der Waals surface area (Å²) in [5.41, 5.74) is 0.612. The summed E-state index contributed by atoms with van der Waals surface area (Å²) in [5.74, 6) is 0.260. The van der Waals surface area contributed by atoms with E-state index in [9.17, 15) is 4.39 Å². The molecule has 0 saturated heterocycles. The highest BCUT2D eigenvalue weighted by molar-refractivity contribution is 5.65. The first-order valence-corrected chi connectivity index (χ1v) is 6.02. The molecule has 0 bridgehead atoms. The molecule has 0 aliphatic carbocycles. The maximum absolute atomic E-state index is 13.6. The SMILES string of the molecule is Cc1nccc(-c2noc(-c3cccc(F)c3C#N)n2)n1. The molecule has 102 valence electrons. The van der Waals surface area contributed by atoms with Gasteiger partial charge in [-0.1, -0.05) is 11.2 Å². The van der Waals surface area contributed by atoms with Crippen molar-refractivity contribution in [1.29, 1.82) is 5.26 Å². The van der Waals surface area contributed by atoms with Gasteiger partial charge in [-0.15, -0.1) is 0 Å². The maximum atomic E-state index is 13.6. The highest BCUT2D eigenvalue weighted by Gasteiger charge is 2.17. The minimum atomic E-state index is -0.632. The highest BCUT2D eigenvalue weighted by Crippen LogP contribution is 2.25. The molecular weight excluding hydrogens is 273 g/mol. The Kier molecular flexibility index (Phi) is 3.12. The molecule has 0 atom stereocenters. The van der Waals surface area contributed by atoms with E-state index in [0.29, 0.717) is 11.5 Å². The van der Waals surface area contributed by atoms with Crippen molar-refractivity contribution >= 4 is 0 Å². The lowest BCUT2D eigenvalue weighted by Crippen LogP contribution is -1.92. The Morgan fingerprint density at radius 1 is 1.24 bits per heavy atom. The van der Waals surface area contributed by atoms with Gasteiger partial charge in [-0.3, -0.25) is 0 Å². The Morgan fingerprint density at radius 3 is 2.86 bits per heavy atom. The van der Waals surface area contributed by atoms with Gasteiger partial charge in [0.25, 0.3) is 5.89 Å². The summed E-state index contributed by atoms with van der Waals surface area (Å²) in [6, 6.07) is 7.65. The largest absolute Gasteiger partial charge is 0.334 e. The zero-order chi connectivity index (χ0) is 14.8. The smallest absolute Gasteiger partial charge is 0.259 e. The molecule has 6 nitrogen and oxygen atoms in total. The van der Waals surface area contributed by atoms with Gasteiger partial charge in [0.05, 0.1) is 5.56 Å². The fraction of sp³-hybridized carbons (Fsp3) is 0.0714. The van der Waals surface area contributed by atoms with Crippen LogP contribution in [0.2, 0.25) is 0 Å². The number of aryl methyl sites for hydroxylation is 1. The molecular formula is C14H8FN5O. The van der Waals surface area contributed by atoms with Crippen LogP contribution in [0, 0.1) is 24.1 Å². The van der Waals surface area contributed by atoms with Gasteiger partial charge in [0.1, 0.15) is 29.0 Å². The van der Waals surface area contributed by atoms with Gasteiger partial charge in [-0.2, -0.15) is 10.2 Å². The number of nitrogens with zero attached hydrogens (tertiary/aromatic N) is 5. The average molecular weight is 281 g/mol. The molecule has 0 saturated carbocycles. The van der Waals surface area contributed by atoms with Crippen LogP contribution >= 0.6 is 0 Å². The number of hydrogen-bond acceptors (Lipinski definition) is 6. The van der Waals surface area contributed by atoms with Crippen molar-refractivity contribution in [3.8, 4) is 29.0 Å². The van der Waals surface area contributed by atoms with Gasteiger partial charge in [0.2, 0.25) is 5.82 Å². The second-order valence-electron chi connectivity index (χ2n) is 4.19. The average Bonchev–Trinajstić information content (AvgIpc) is 2.96. The number of nitriles is 1. The van der Waals surface area contributed by atoms with Gasteiger partial charge in [0, 0.05) is 6.20 Å². The number of benzene rings is 1. The van der Waals surface area contributed by atoms with Crippen molar-refractivity contribution in [2.24, 2.45) is 0 Å². The predicted molar refractivity (Wildman–Crippen MR) is 70.2 cm³/mol. The fourth-order valence-corrected chi connectivity index (χ4v) is 1.83. The van der Waals surface area contributed by atoms with Crippen LogP contribution in [-0.4, -0.2) is 20.1 Å². The van der Waals surface area contributed by atoms with Gasteiger partial charge in [-0.05, 0) is 25.1 Å². The van der Waals surface area contributed by atoms with Crippen molar-refractivity contribution < 1.29 is 8.91 Å². The first-order chi connectivity index (χ1) is 10.2. The Bertz CT molecular complexity index is 853. The third-order valence-electron chi connectivity index (χ3n) is 2.79. The Morgan fingerprint density at radius 2 is 2.10 bits per heavy atom. The van der Waals surface area contributed by atoms with E-state index in [-0.39, 0.29) is 22.8 Å². The third-order valence-corrected chi connectivity index (χ3v) is 2.79. The van der Waals surface area contributed by atoms with Crippen LogP contribution in [0.4, 0.5) is 4.39 Å². The van der Waals surface area contributed by atoms with Gasteiger partial charge in [0.15, 0.2) is 0 Å². The van der Waals surface area contributed by atoms with E-state index in [1.54, 1.807) is 31.3 Å². The van der Waals surface area contributed by atoms with Crippen LogP contribution < -0.4 is 0 Å². The van der Waals surface area contributed by atoms with Gasteiger partial charge in [-0.25, -0.2) is 14.4 Å². The molecule has 7 heteroatoms. The Labute approximate surface area is 118 Å². The second-order valence-corrected chi connectivity index (χ2v) is 4.19. The maximum Gasteiger partial charge on any atom is 0.259 e. The molecule has 21 heavy (non-hydrogen) atoms. The van der Waals surface area contributed by atoms with E-state index in [1.807, 2.05) is 0 Å². The molecule has 0 fully saturated rings. The second kappa shape index (κ2) is 5.09. The molecule has 2 heterocycles. The highest BCUT2D eigenvalue weighted by atomic mass is 19.1. The molecule has 0 spiro atoms. The van der Waals surface area contributed by atoms with E-state index < -0.39 is 5.82 Å². The Balaban J connectivity index is 2.08. The van der Waals surface area contributed by atoms with Crippen molar-refractivity contribution in [2.45, 2.75) is 6.92 Å². The minimum absolute atomic E-state index is 0.0670. The van der Waals surface area contributed by atoms with E-state index in [4.69, 9.17) is 9.78 Å². The molecule has 0 N–H and O–H groups in total. The number of hydrogen-bond donors (Lipinski definition) is 0. The third kappa shape index (κ3) is 2.34. The summed E-state index contributed by atoms with van der Waals surface area (Å²) >= 11 is 0. The summed E-state index contributed by atoms with van der Waals surface area (Å²) in [7, 11) is 0. The van der Waals surface area contributed by atoms with Crippen LogP contribution in [0.5, 0.6) is 0 Å². The summed E-state index contributed by atoms with van der Waals surface area (Å²) in [6.07, 6.45) is 1.58. The molecule has 2 aromatic heterocycles. The van der Waals surface area contributed by atoms with Crippen molar-refractivity contribution in [3.05, 3.63) is 47.7 Å². The van der Waals surface area contributed by atoms with E-state index >= 15 is 0 Å². The number of aromatic nitrogens is 4. The normalized spacial score (nSPS) is 10.3. The standard InChI is InChI=1S/C14H8FN5O/c1-8-17-6-5-12(18-8)13-19-14(21-20-13)9-3-2-4-11(15)10(9)7-16/h2-6H,1H3. The summed E-state index contributed by atoms with van der Waals surface area (Å²) in [4.78, 5) is 12.3. The van der Waals surface area contributed by atoms with Crippen molar-refractivity contribution in [2.75, 3.05) is 0 Å². The molecule has 0 amide bonds. The molecule has 0 aliphatic heterocycles. The molecule has 1 aromatic carbocycles. The van der Waals surface area contributed by atoms with E-state index in [1.165, 1.54) is 12.1 Å². The predicted octanol–water partition coefficient (Wildman–Crippen LogP) is 2.51. The molecule has 0 aliphatic rings. The zero-order valence-corrected chi connectivity index (χ0v) is 10.9. The number of rotatable bonds is 2. The summed E-state index contributed by atoms with van der Waals surface area (Å²) in [5, 5.41) is 12.8. The van der Waals surface area contributed by atoms with Crippen molar-refractivity contribution in [3.63, 3.8) is 0 Å². The van der Waals surface area contributed by atoms with E-state index in [0.717, 1.165) is 0 Å². The van der Waals surface area contributed by atoms with Gasteiger partial charge < -0.3 is 4.52 Å². The fourth-order valence-electron chi connectivity index (χ4n) is 1.83. The molecule has 3 rings (SSSR count). The van der Waals surface area contributed by atoms with Crippen LogP contribution in [0.25, 0.3) is 23.0 Å². The summed E-state index contributed by atoms with van der Waals surface area (Å²) in [6.45, 7) is 1.74. The van der Waals surface area contributed by atoms with Crippen LogP contribution in [0.3, 0.4) is 0 Å². The lowest BCUT2D eigenvalue weighted by atomic mass is 10.1. The molecule has 3 aromatic rings. The quantitative estimate of drug-likeness (QED) is 0.717. The number of halogens is 1. The topological polar surface area (TPSA) is 88.5 Å². The Hall–Kier alpha value is -3.14. The summed E-state index contributed by atoms with van der Waals surface area (Å²) < 4.78 is 18.7. The van der Waals surface area contributed by atoms with Crippen LogP contribution in [0.1, 0.15) is 11.4 Å². The first kappa shape index (κ1) is 12.9. The first-order valence-electron chi connectivity index (χ1n) is 6.02. The molecule has 0 unspecified atom stereocenters. The zero-order valence-electron chi connectivity index (χ0n) is 10.9. The van der Waals surface area contributed by atoms with E-state index in [2.05, 4.69) is 20.1 Å². The molecule has 0 radical (unpaired) electrons. The lowest BCUT2D eigenvalue weighted by molar-refractivity contribution is 0.431. The monoisotopic (exact) mass is 281 g/mol. The van der Waals surface area contributed by atoms with Gasteiger partial charge >= 0.3 is 0 Å². The minimum Gasteiger partial charge on any atom is -0.334 e. The lowest BCUT2D eigenvalue weighted by Gasteiger charge is -1.98.